The van der Waals surface area contributed by atoms with Gasteiger partial charge < -0.3 is 9.26 Å². The molecule has 1 aliphatic heterocycles. The van der Waals surface area contributed by atoms with Crippen molar-refractivity contribution < 1.29 is 14.1 Å². The standard InChI is InChI=1S/C16H21N5O3/c1-11-9-14(24-20-11)19-16(22)12(2)21-7-3-13(4-8-21)23-15-10-17-5-6-18-15/h5-6,9-10,12-13H,3-4,7-8H2,1-2H3,(H,19,22)/t12-/m1/s1. The molecule has 1 aliphatic rings. The maximum absolute atomic E-state index is 12.3. The summed E-state index contributed by atoms with van der Waals surface area (Å²) in [6, 6.07) is 1.46. The van der Waals surface area contributed by atoms with E-state index in [1.165, 1.54) is 0 Å². The monoisotopic (exact) mass is 331 g/mol. The molecular weight excluding hydrogens is 310 g/mol. The van der Waals surface area contributed by atoms with Crippen molar-refractivity contribution in [1.29, 1.82) is 0 Å². The van der Waals surface area contributed by atoms with Crippen LogP contribution in [-0.4, -0.2) is 51.2 Å². The van der Waals surface area contributed by atoms with Gasteiger partial charge in [-0.3, -0.25) is 20.0 Å². The lowest BCUT2D eigenvalue weighted by molar-refractivity contribution is -0.121. The van der Waals surface area contributed by atoms with Crippen LogP contribution in [0.1, 0.15) is 25.5 Å². The van der Waals surface area contributed by atoms with Crippen LogP contribution < -0.4 is 10.1 Å². The number of amides is 1. The number of rotatable bonds is 5. The predicted molar refractivity (Wildman–Crippen MR) is 86.6 cm³/mol. The van der Waals surface area contributed by atoms with E-state index in [9.17, 15) is 4.79 Å². The predicted octanol–water partition coefficient (Wildman–Crippen LogP) is 1.64. The maximum Gasteiger partial charge on any atom is 0.243 e. The van der Waals surface area contributed by atoms with E-state index in [0.29, 0.717) is 11.8 Å². The molecule has 0 aliphatic carbocycles. The molecule has 2 aromatic rings. The maximum atomic E-state index is 12.3. The Hall–Kier alpha value is -2.48. The van der Waals surface area contributed by atoms with Crippen molar-refractivity contribution in [2.45, 2.75) is 38.8 Å². The number of aryl methyl sites for hydroxylation is 1. The molecule has 1 saturated heterocycles. The van der Waals surface area contributed by atoms with E-state index in [1.807, 2.05) is 13.8 Å². The van der Waals surface area contributed by atoms with Crippen LogP contribution in [0.2, 0.25) is 0 Å². The molecule has 1 amide bonds. The SMILES string of the molecule is Cc1cc(NC(=O)[C@@H](C)N2CCC(Oc3cnccn3)CC2)on1. The summed E-state index contributed by atoms with van der Waals surface area (Å²) >= 11 is 0. The molecule has 1 N–H and O–H groups in total. The summed E-state index contributed by atoms with van der Waals surface area (Å²) in [6.07, 6.45) is 6.63. The number of hydrogen-bond donors (Lipinski definition) is 1. The van der Waals surface area contributed by atoms with E-state index in [0.717, 1.165) is 31.6 Å². The molecule has 1 atom stereocenters. The van der Waals surface area contributed by atoms with Gasteiger partial charge in [-0.1, -0.05) is 5.16 Å². The lowest BCUT2D eigenvalue weighted by Crippen LogP contribution is -2.47. The van der Waals surface area contributed by atoms with Gasteiger partial charge in [0.25, 0.3) is 0 Å². The summed E-state index contributed by atoms with van der Waals surface area (Å²) in [5.41, 5.74) is 0.736. The van der Waals surface area contributed by atoms with Gasteiger partial charge in [-0.15, -0.1) is 0 Å². The molecule has 0 spiro atoms. The van der Waals surface area contributed by atoms with Crippen LogP contribution in [0.15, 0.2) is 29.2 Å². The van der Waals surface area contributed by atoms with Gasteiger partial charge in [-0.2, -0.15) is 0 Å². The minimum Gasteiger partial charge on any atom is -0.473 e. The molecule has 24 heavy (non-hydrogen) atoms. The van der Waals surface area contributed by atoms with Crippen molar-refractivity contribution in [3.8, 4) is 5.88 Å². The Morgan fingerprint density at radius 3 is 2.83 bits per heavy atom. The number of carbonyl (C=O) groups is 1. The van der Waals surface area contributed by atoms with Crippen LogP contribution in [0, 0.1) is 6.92 Å². The number of hydrogen-bond acceptors (Lipinski definition) is 7. The zero-order valence-corrected chi connectivity index (χ0v) is 13.8. The molecule has 0 unspecified atom stereocenters. The fourth-order valence-corrected chi connectivity index (χ4v) is 2.71. The highest BCUT2D eigenvalue weighted by Gasteiger charge is 2.28. The van der Waals surface area contributed by atoms with Gasteiger partial charge in [0.15, 0.2) is 0 Å². The second-order valence-electron chi connectivity index (χ2n) is 5.89. The van der Waals surface area contributed by atoms with Crippen molar-refractivity contribution in [3.05, 3.63) is 30.4 Å². The molecular formula is C16H21N5O3. The van der Waals surface area contributed by atoms with Crippen LogP contribution in [0.3, 0.4) is 0 Å². The summed E-state index contributed by atoms with van der Waals surface area (Å²) in [7, 11) is 0. The molecule has 0 radical (unpaired) electrons. The second-order valence-corrected chi connectivity index (χ2v) is 5.89. The molecule has 3 heterocycles. The van der Waals surface area contributed by atoms with Crippen LogP contribution in [0.4, 0.5) is 5.88 Å². The number of aromatic nitrogens is 3. The molecule has 0 bridgehead atoms. The summed E-state index contributed by atoms with van der Waals surface area (Å²) in [5, 5.41) is 6.51. The first-order valence-electron chi connectivity index (χ1n) is 8.02. The number of likely N-dealkylation sites (tertiary alicyclic amines) is 1. The first-order chi connectivity index (χ1) is 11.6. The quantitative estimate of drug-likeness (QED) is 0.890. The number of anilines is 1. The molecule has 1 fully saturated rings. The topological polar surface area (TPSA) is 93.4 Å². The van der Waals surface area contributed by atoms with Crippen LogP contribution in [0.5, 0.6) is 5.88 Å². The summed E-state index contributed by atoms with van der Waals surface area (Å²) in [5.74, 6) is 0.826. The van der Waals surface area contributed by atoms with E-state index < -0.39 is 0 Å². The van der Waals surface area contributed by atoms with E-state index in [2.05, 4.69) is 25.3 Å². The van der Waals surface area contributed by atoms with Crippen molar-refractivity contribution in [2.24, 2.45) is 0 Å². The third-order valence-electron chi connectivity index (χ3n) is 4.11. The highest BCUT2D eigenvalue weighted by Crippen LogP contribution is 2.19. The van der Waals surface area contributed by atoms with E-state index in [1.54, 1.807) is 24.7 Å². The Morgan fingerprint density at radius 1 is 1.42 bits per heavy atom. The van der Waals surface area contributed by atoms with Gasteiger partial charge in [0.05, 0.1) is 17.9 Å². The van der Waals surface area contributed by atoms with E-state index in [4.69, 9.17) is 9.26 Å². The Bertz CT molecular complexity index is 667. The first-order valence-corrected chi connectivity index (χ1v) is 8.02. The smallest absolute Gasteiger partial charge is 0.243 e. The molecule has 3 rings (SSSR count). The van der Waals surface area contributed by atoms with Crippen LogP contribution in [0.25, 0.3) is 0 Å². The number of piperidine rings is 1. The average molecular weight is 331 g/mol. The minimum atomic E-state index is -0.243. The first kappa shape index (κ1) is 16.4. The van der Waals surface area contributed by atoms with E-state index in [-0.39, 0.29) is 18.1 Å². The zero-order chi connectivity index (χ0) is 16.9. The minimum absolute atomic E-state index is 0.0977. The second kappa shape index (κ2) is 7.39. The molecule has 0 aromatic carbocycles. The summed E-state index contributed by atoms with van der Waals surface area (Å²) in [6.45, 7) is 5.27. The Balaban J connectivity index is 1.47. The van der Waals surface area contributed by atoms with Gasteiger partial charge in [-0.05, 0) is 26.7 Å². The number of nitrogens with one attached hydrogen (secondary N) is 1. The van der Waals surface area contributed by atoms with Gasteiger partial charge in [-0.25, -0.2) is 4.98 Å². The normalized spacial score (nSPS) is 17.4. The zero-order valence-electron chi connectivity index (χ0n) is 13.8. The Morgan fingerprint density at radius 2 is 2.21 bits per heavy atom. The third kappa shape index (κ3) is 4.08. The summed E-state index contributed by atoms with van der Waals surface area (Å²) < 4.78 is 10.8. The van der Waals surface area contributed by atoms with Crippen LogP contribution >= 0.6 is 0 Å². The third-order valence-corrected chi connectivity index (χ3v) is 4.11. The molecule has 128 valence electrons. The van der Waals surface area contributed by atoms with Gasteiger partial charge in [0.2, 0.25) is 17.7 Å². The molecule has 2 aromatic heterocycles. The molecule has 0 saturated carbocycles. The summed E-state index contributed by atoms with van der Waals surface area (Å²) in [4.78, 5) is 22.6. The van der Waals surface area contributed by atoms with Crippen molar-refractivity contribution in [1.82, 2.24) is 20.0 Å². The Labute approximate surface area is 140 Å². The highest BCUT2D eigenvalue weighted by atomic mass is 16.5. The van der Waals surface area contributed by atoms with Gasteiger partial charge in [0.1, 0.15) is 6.10 Å². The number of ether oxygens (including phenoxy) is 1. The van der Waals surface area contributed by atoms with Crippen LogP contribution in [-0.2, 0) is 4.79 Å². The number of carbonyl (C=O) groups excluding carboxylic acids is 1. The highest BCUT2D eigenvalue weighted by molar-refractivity contribution is 5.93. The van der Waals surface area contributed by atoms with Crippen molar-refractivity contribution in [3.63, 3.8) is 0 Å². The lowest BCUT2D eigenvalue weighted by atomic mass is 10.1. The lowest BCUT2D eigenvalue weighted by Gasteiger charge is -2.34. The largest absolute Gasteiger partial charge is 0.473 e. The molecule has 8 heteroatoms. The fourth-order valence-electron chi connectivity index (χ4n) is 2.71. The Kier molecular flexibility index (Phi) is 5.05. The van der Waals surface area contributed by atoms with Crippen molar-refractivity contribution in [2.75, 3.05) is 18.4 Å². The van der Waals surface area contributed by atoms with E-state index >= 15 is 0 Å². The number of nitrogens with zero attached hydrogens (tertiary/aromatic N) is 4. The molecule has 8 nitrogen and oxygen atoms in total. The van der Waals surface area contributed by atoms with Gasteiger partial charge >= 0.3 is 0 Å². The van der Waals surface area contributed by atoms with Gasteiger partial charge in [0, 0.05) is 31.5 Å². The average Bonchev–Trinajstić information content (AvgIpc) is 3.00. The van der Waals surface area contributed by atoms with Crippen molar-refractivity contribution >= 4 is 11.8 Å². The fraction of sp³-hybridized carbons (Fsp3) is 0.500.